The van der Waals surface area contributed by atoms with Crippen molar-refractivity contribution in [1.29, 1.82) is 0 Å². The van der Waals surface area contributed by atoms with Crippen molar-refractivity contribution < 1.29 is 66.5 Å². The summed E-state index contributed by atoms with van der Waals surface area (Å²) in [5, 5.41) is 0. The molecule has 2 nitrogen and oxygen atoms in total. The summed E-state index contributed by atoms with van der Waals surface area (Å²) in [6.45, 7) is 3.11. The van der Waals surface area contributed by atoms with Gasteiger partial charge in [-0.3, -0.25) is 0 Å². The van der Waals surface area contributed by atoms with Gasteiger partial charge in [0.15, 0.2) is 17.5 Å². The Morgan fingerprint density at radius 2 is 0.855 bits per heavy atom. The Labute approximate surface area is 347 Å². The van der Waals surface area contributed by atoms with Gasteiger partial charge in [0.1, 0.15) is 57.5 Å². The molecule has 0 aliphatic heterocycles. The number of benzene rings is 6. The third-order valence-corrected chi connectivity index (χ3v) is 10.3. The first kappa shape index (κ1) is 45.5. The van der Waals surface area contributed by atoms with Gasteiger partial charge in [-0.25, -0.2) is 39.5 Å². The second-order valence-electron chi connectivity index (χ2n) is 14.6. The molecular formula is C47H35F13O2. The molecule has 0 saturated heterocycles. The van der Waals surface area contributed by atoms with Crippen LogP contribution < -0.4 is 9.47 Å². The van der Waals surface area contributed by atoms with Gasteiger partial charge < -0.3 is 9.47 Å². The van der Waals surface area contributed by atoms with Crippen molar-refractivity contribution in [3.8, 4) is 33.8 Å². The van der Waals surface area contributed by atoms with Crippen LogP contribution in [0.25, 0.3) is 22.3 Å². The van der Waals surface area contributed by atoms with Crippen LogP contribution in [0.1, 0.15) is 72.8 Å². The zero-order chi connectivity index (χ0) is 45.1. The van der Waals surface area contributed by atoms with Gasteiger partial charge in [0.2, 0.25) is 0 Å². The molecule has 0 unspecified atom stereocenters. The van der Waals surface area contributed by atoms with Gasteiger partial charge in [-0.15, -0.1) is 0 Å². The smallest absolute Gasteiger partial charge is 0.429 e. The van der Waals surface area contributed by atoms with Crippen molar-refractivity contribution in [2.24, 2.45) is 0 Å². The normalized spacial score (nSPS) is 13.2. The van der Waals surface area contributed by atoms with Crippen molar-refractivity contribution in [3.05, 3.63) is 177 Å². The van der Waals surface area contributed by atoms with Crippen LogP contribution in [0.15, 0.2) is 97.1 Å². The lowest BCUT2D eigenvalue weighted by molar-refractivity contribution is -0.190. The van der Waals surface area contributed by atoms with Crippen molar-refractivity contribution in [1.82, 2.24) is 0 Å². The average molecular weight is 879 g/mol. The van der Waals surface area contributed by atoms with Gasteiger partial charge in [-0.05, 0) is 89.8 Å². The van der Waals surface area contributed by atoms with E-state index in [1.165, 1.54) is 12.8 Å². The number of ether oxygens (including phenoxy) is 2. The van der Waals surface area contributed by atoms with Crippen LogP contribution in [0.2, 0.25) is 0 Å². The summed E-state index contributed by atoms with van der Waals surface area (Å²) >= 11 is 0. The van der Waals surface area contributed by atoms with E-state index in [0.29, 0.717) is 41.3 Å². The largest absolute Gasteiger partial charge is 0.432 e. The summed E-state index contributed by atoms with van der Waals surface area (Å²) in [5.74, 6) is -15.5. The molecule has 1 fully saturated rings. The molecule has 0 N–H and O–H groups in total. The van der Waals surface area contributed by atoms with Gasteiger partial charge >= 0.3 is 12.2 Å². The lowest BCUT2D eigenvalue weighted by Crippen LogP contribution is -2.25. The highest BCUT2D eigenvalue weighted by Gasteiger charge is 2.43. The van der Waals surface area contributed by atoms with E-state index in [1.807, 2.05) is 19.1 Å². The van der Waals surface area contributed by atoms with E-state index in [2.05, 4.69) is 9.47 Å². The molecule has 0 bridgehead atoms. The maximum Gasteiger partial charge on any atom is 0.432 e. The Morgan fingerprint density at radius 1 is 0.484 bits per heavy atom. The molecule has 0 heterocycles. The summed E-state index contributed by atoms with van der Waals surface area (Å²) < 4.78 is 191. The van der Waals surface area contributed by atoms with Crippen molar-refractivity contribution in [2.45, 2.75) is 70.5 Å². The first-order chi connectivity index (χ1) is 29.3. The maximum atomic E-state index is 14.6. The molecule has 0 atom stereocenters. The van der Waals surface area contributed by atoms with E-state index in [4.69, 9.17) is 0 Å². The van der Waals surface area contributed by atoms with Crippen LogP contribution >= 0.6 is 0 Å². The lowest BCUT2D eigenvalue weighted by atomic mass is 9.94. The Hall–Kier alpha value is -5.99. The third-order valence-electron chi connectivity index (χ3n) is 10.3. The van der Waals surface area contributed by atoms with Crippen LogP contribution in [0.3, 0.4) is 0 Å². The van der Waals surface area contributed by atoms with Crippen molar-refractivity contribution in [2.75, 3.05) is 0 Å². The van der Waals surface area contributed by atoms with Crippen molar-refractivity contribution >= 4 is 0 Å². The second-order valence-corrected chi connectivity index (χ2v) is 14.6. The van der Waals surface area contributed by atoms with E-state index in [-0.39, 0.29) is 28.8 Å². The molecule has 1 saturated carbocycles. The van der Waals surface area contributed by atoms with Gasteiger partial charge in [-0.2, -0.15) is 17.6 Å². The minimum absolute atomic E-state index is 0.0199. The fourth-order valence-electron chi connectivity index (χ4n) is 7.07. The van der Waals surface area contributed by atoms with Crippen LogP contribution in [0, 0.1) is 59.3 Å². The Balaban J connectivity index is 0.000000207. The SMILES string of the molecule is CCCc1ccc(-c2cc(F)c(C(F)(F)Oc3cc(F)c(F)c(F)c3)c(F)c2)cc1.Cc1c(F)cc(OC(F)(F)c2c(F)cc(-c3ccc(C4CCCC4)cc3)cc2F)cc1F. The van der Waals surface area contributed by atoms with Crippen molar-refractivity contribution in [3.63, 3.8) is 0 Å². The molecule has 326 valence electrons. The van der Waals surface area contributed by atoms with E-state index in [1.54, 1.807) is 36.4 Å². The molecule has 15 heteroatoms. The van der Waals surface area contributed by atoms with Gasteiger partial charge in [0.25, 0.3) is 0 Å². The predicted octanol–water partition coefficient (Wildman–Crippen LogP) is 15.1. The summed E-state index contributed by atoms with van der Waals surface area (Å²) in [5.41, 5.74) is -0.616. The molecule has 0 radical (unpaired) electrons. The summed E-state index contributed by atoms with van der Waals surface area (Å²) in [4.78, 5) is 0. The quantitative estimate of drug-likeness (QED) is 0.0954. The zero-order valence-corrected chi connectivity index (χ0v) is 32.8. The maximum absolute atomic E-state index is 14.6. The molecule has 6 aromatic rings. The standard InChI is InChI=1S/C25H20F6O.C22H15F7O/c1-14-20(26)12-19(13-21(14)27)32-25(30,31)24-22(28)10-18(11-23(24)29)17-8-6-16(7-9-17)15-4-2-3-5-15;1-2-3-12-4-6-13(7-5-12)14-8-16(23)20(17(24)9-14)22(28,29)30-15-10-18(25)21(27)19(26)11-15/h6-13,15H,2-5H2,1H3;4-11H,2-3H2,1H3. The number of hydrogen-bond donors (Lipinski definition) is 0. The number of aryl methyl sites for hydroxylation is 1. The monoisotopic (exact) mass is 878 g/mol. The lowest BCUT2D eigenvalue weighted by Gasteiger charge is -2.20. The highest BCUT2D eigenvalue weighted by molar-refractivity contribution is 5.66. The van der Waals surface area contributed by atoms with E-state index < -0.39 is 87.2 Å². The summed E-state index contributed by atoms with van der Waals surface area (Å²) in [6, 6.07) is 18.3. The Kier molecular flexibility index (Phi) is 13.6. The van der Waals surface area contributed by atoms with Crippen LogP contribution in [0.4, 0.5) is 57.1 Å². The first-order valence-corrected chi connectivity index (χ1v) is 19.2. The van der Waals surface area contributed by atoms with Gasteiger partial charge in [-0.1, -0.05) is 74.7 Å². The fourth-order valence-corrected chi connectivity index (χ4v) is 7.07. The topological polar surface area (TPSA) is 18.5 Å². The molecule has 0 amide bonds. The highest BCUT2D eigenvalue weighted by atomic mass is 19.3. The van der Waals surface area contributed by atoms with Crippen LogP contribution in [-0.2, 0) is 18.6 Å². The molecule has 6 aromatic carbocycles. The van der Waals surface area contributed by atoms with E-state index in [9.17, 15) is 57.1 Å². The number of halogens is 13. The molecule has 0 aromatic heterocycles. The Bertz CT molecular complexity index is 2460. The number of hydrogen-bond acceptors (Lipinski definition) is 2. The molecular weight excluding hydrogens is 843 g/mol. The highest BCUT2D eigenvalue weighted by Crippen LogP contribution is 2.40. The molecule has 0 spiro atoms. The number of rotatable bonds is 11. The number of alkyl halides is 4. The zero-order valence-electron chi connectivity index (χ0n) is 32.8. The third kappa shape index (κ3) is 10.2. The first-order valence-electron chi connectivity index (χ1n) is 19.2. The average Bonchev–Trinajstić information content (AvgIpc) is 3.74. The Morgan fingerprint density at radius 3 is 1.24 bits per heavy atom. The second kappa shape index (κ2) is 18.5. The van der Waals surface area contributed by atoms with Crippen LogP contribution in [-0.4, -0.2) is 0 Å². The van der Waals surface area contributed by atoms with E-state index in [0.717, 1.165) is 55.9 Å². The summed E-state index contributed by atoms with van der Waals surface area (Å²) in [6.07, 6.45) is -2.85. The minimum Gasteiger partial charge on any atom is -0.429 e. The fraction of sp³-hybridized carbons (Fsp3) is 0.234. The summed E-state index contributed by atoms with van der Waals surface area (Å²) in [7, 11) is 0. The molecule has 7 rings (SSSR count). The van der Waals surface area contributed by atoms with Crippen LogP contribution in [0.5, 0.6) is 11.5 Å². The van der Waals surface area contributed by atoms with E-state index >= 15 is 0 Å². The molecule has 1 aliphatic rings. The predicted molar refractivity (Wildman–Crippen MR) is 205 cm³/mol. The van der Waals surface area contributed by atoms with Gasteiger partial charge in [0, 0.05) is 29.8 Å². The molecule has 62 heavy (non-hydrogen) atoms. The molecule has 1 aliphatic carbocycles. The van der Waals surface area contributed by atoms with Gasteiger partial charge in [0.05, 0.1) is 0 Å². The minimum atomic E-state index is -4.62.